The smallest absolute Gasteiger partial charge is 0.336 e. The summed E-state index contributed by atoms with van der Waals surface area (Å²) in [5.41, 5.74) is -2.11. The standard InChI is InChI=1S/C34H35F2N5O8S/c1-18-19(2)40(6)33(47)41(31(18)44)29-11-10-21(17-37-29)13-27(32(45)46)38-30(43)23-15-25(36)26(16-24(23)35)39-50(48,49)22-9-7-8-20(12-22)14-28(42)34(3,4)5/h7-12,15-17,27,39H,13-14H2,1-6H3,(H,38,43)(H,45,46)/t27-/m0/s1. The normalized spacial score (nSPS) is 12.3. The molecule has 50 heavy (non-hydrogen) atoms. The highest BCUT2D eigenvalue weighted by atomic mass is 32.2. The van der Waals surface area contributed by atoms with Crippen LogP contribution in [0, 0.1) is 30.9 Å². The predicted molar refractivity (Wildman–Crippen MR) is 179 cm³/mol. The third kappa shape index (κ3) is 8.02. The fraction of sp³-hybridized carbons (Fsp3) is 0.294. The van der Waals surface area contributed by atoms with E-state index in [4.69, 9.17) is 0 Å². The van der Waals surface area contributed by atoms with Gasteiger partial charge in [-0.15, -0.1) is 0 Å². The van der Waals surface area contributed by atoms with Gasteiger partial charge in [-0.2, -0.15) is 0 Å². The van der Waals surface area contributed by atoms with Gasteiger partial charge in [0, 0.05) is 48.8 Å². The lowest BCUT2D eigenvalue weighted by Crippen LogP contribution is -2.42. The highest BCUT2D eigenvalue weighted by Crippen LogP contribution is 2.25. The van der Waals surface area contributed by atoms with Crippen LogP contribution in [0.25, 0.3) is 5.82 Å². The van der Waals surface area contributed by atoms with Gasteiger partial charge in [-0.1, -0.05) is 39.0 Å². The summed E-state index contributed by atoms with van der Waals surface area (Å²) in [5.74, 6) is -5.64. The molecule has 4 rings (SSSR count). The first-order valence-corrected chi connectivity index (χ1v) is 16.6. The van der Waals surface area contributed by atoms with E-state index in [-0.39, 0.29) is 34.9 Å². The number of carbonyl (C=O) groups is 3. The van der Waals surface area contributed by atoms with E-state index in [2.05, 4.69) is 10.3 Å². The number of aromatic nitrogens is 3. The second-order valence-corrected chi connectivity index (χ2v) is 14.4. The monoisotopic (exact) mass is 711 g/mol. The number of benzene rings is 2. The number of sulfonamides is 1. The van der Waals surface area contributed by atoms with Crippen molar-refractivity contribution in [1.29, 1.82) is 0 Å². The van der Waals surface area contributed by atoms with Crippen molar-refractivity contribution in [2.75, 3.05) is 4.72 Å². The molecule has 264 valence electrons. The summed E-state index contributed by atoms with van der Waals surface area (Å²) in [7, 11) is -2.97. The molecule has 0 fully saturated rings. The Morgan fingerprint density at radius 3 is 2.26 bits per heavy atom. The summed E-state index contributed by atoms with van der Waals surface area (Å²) < 4.78 is 60.3. The Balaban J connectivity index is 1.51. The number of nitrogens with one attached hydrogen (secondary N) is 2. The van der Waals surface area contributed by atoms with Crippen molar-refractivity contribution in [3.63, 3.8) is 0 Å². The third-order valence-corrected chi connectivity index (χ3v) is 9.45. The number of rotatable bonds is 11. The van der Waals surface area contributed by atoms with Crippen LogP contribution < -0.4 is 21.3 Å². The van der Waals surface area contributed by atoms with Crippen LogP contribution in [0.15, 0.2) is 69.2 Å². The molecule has 0 bridgehead atoms. The lowest BCUT2D eigenvalue weighted by molar-refractivity contribution is -0.139. The number of amides is 1. The van der Waals surface area contributed by atoms with Crippen molar-refractivity contribution >= 4 is 33.4 Å². The maximum Gasteiger partial charge on any atom is 0.336 e. The second-order valence-electron chi connectivity index (χ2n) is 12.7. The summed E-state index contributed by atoms with van der Waals surface area (Å²) in [5, 5.41) is 11.9. The number of hydrogen-bond donors (Lipinski definition) is 3. The van der Waals surface area contributed by atoms with Crippen molar-refractivity contribution in [2.45, 2.75) is 58.4 Å². The summed E-state index contributed by atoms with van der Waals surface area (Å²) in [6.07, 6.45) is 0.795. The van der Waals surface area contributed by atoms with E-state index < -0.39 is 67.5 Å². The summed E-state index contributed by atoms with van der Waals surface area (Å²) in [4.78, 5) is 66.6. The van der Waals surface area contributed by atoms with Crippen molar-refractivity contribution < 1.29 is 36.7 Å². The van der Waals surface area contributed by atoms with Crippen LogP contribution in [-0.4, -0.2) is 51.3 Å². The molecule has 0 radical (unpaired) electrons. The molecule has 0 aliphatic rings. The molecule has 0 saturated carbocycles. The minimum atomic E-state index is -4.47. The van der Waals surface area contributed by atoms with E-state index in [1.165, 1.54) is 48.1 Å². The zero-order valence-corrected chi connectivity index (χ0v) is 28.8. The zero-order valence-electron chi connectivity index (χ0n) is 28.0. The Labute approximate surface area is 285 Å². The lowest BCUT2D eigenvalue weighted by Gasteiger charge is -2.17. The molecule has 0 unspecified atom stereocenters. The Hall–Kier alpha value is -5.51. The topological polar surface area (TPSA) is 187 Å². The average molecular weight is 712 g/mol. The van der Waals surface area contributed by atoms with Crippen molar-refractivity contribution in [3.05, 3.63) is 115 Å². The van der Waals surface area contributed by atoms with Gasteiger partial charge in [0.1, 0.15) is 29.3 Å². The molecule has 2 aromatic heterocycles. The number of Topliss-reactive ketones (excluding diaryl/α,β-unsaturated/α-hetero) is 1. The first kappa shape index (κ1) is 37.3. The highest BCUT2D eigenvalue weighted by Gasteiger charge is 2.26. The van der Waals surface area contributed by atoms with Gasteiger partial charge in [-0.3, -0.25) is 19.1 Å². The molecule has 3 N–H and O–H groups in total. The lowest BCUT2D eigenvalue weighted by atomic mass is 9.87. The number of halogens is 2. The SMILES string of the molecule is Cc1c(C)n(C)c(=O)n(-c2ccc(C[C@H](NC(=O)c3cc(F)c(NS(=O)(=O)c4cccc(CC(=O)C(C)(C)C)c4)cc3F)C(=O)O)cn2)c1=O. The number of pyridine rings is 1. The van der Waals surface area contributed by atoms with E-state index >= 15 is 8.78 Å². The molecule has 13 nitrogen and oxygen atoms in total. The largest absolute Gasteiger partial charge is 0.480 e. The van der Waals surface area contributed by atoms with Crippen LogP contribution in [-0.2, 0) is 39.5 Å². The maximum absolute atomic E-state index is 15.1. The zero-order chi connectivity index (χ0) is 37.3. The molecular weight excluding hydrogens is 676 g/mol. The molecule has 0 saturated heterocycles. The Morgan fingerprint density at radius 1 is 0.980 bits per heavy atom. The molecule has 0 aliphatic heterocycles. The van der Waals surface area contributed by atoms with Crippen molar-refractivity contribution in [1.82, 2.24) is 19.4 Å². The van der Waals surface area contributed by atoms with Crippen molar-refractivity contribution in [3.8, 4) is 5.82 Å². The maximum atomic E-state index is 15.1. The summed E-state index contributed by atoms with van der Waals surface area (Å²) >= 11 is 0. The van der Waals surface area contributed by atoms with E-state index in [1.54, 1.807) is 40.7 Å². The Kier molecular flexibility index (Phi) is 10.6. The number of carbonyl (C=O) groups excluding carboxylic acids is 2. The number of carboxylic acid groups (broad SMARTS) is 1. The molecule has 4 aromatic rings. The third-order valence-electron chi connectivity index (χ3n) is 8.09. The Morgan fingerprint density at radius 2 is 1.66 bits per heavy atom. The van der Waals surface area contributed by atoms with Crippen LogP contribution in [0.5, 0.6) is 0 Å². The number of carboxylic acids is 1. The van der Waals surface area contributed by atoms with Crippen LogP contribution in [0.2, 0.25) is 0 Å². The second kappa shape index (κ2) is 14.2. The molecule has 1 atom stereocenters. The van der Waals surface area contributed by atoms with Crippen LogP contribution in [0.1, 0.15) is 53.5 Å². The van der Waals surface area contributed by atoms with Gasteiger partial charge >= 0.3 is 11.7 Å². The fourth-order valence-electron chi connectivity index (χ4n) is 4.77. The number of anilines is 1. The molecule has 16 heteroatoms. The highest BCUT2D eigenvalue weighted by molar-refractivity contribution is 7.92. The van der Waals surface area contributed by atoms with Gasteiger partial charge in [-0.25, -0.2) is 36.3 Å². The molecule has 2 aromatic carbocycles. The van der Waals surface area contributed by atoms with E-state index in [1.807, 2.05) is 4.72 Å². The molecule has 0 spiro atoms. The van der Waals surface area contributed by atoms with Gasteiger partial charge in [0.15, 0.2) is 0 Å². The molecule has 2 heterocycles. The van der Waals surface area contributed by atoms with Crippen LogP contribution >= 0.6 is 0 Å². The van der Waals surface area contributed by atoms with Crippen LogP contribution in [0.3, 0.4) is 0 Å². The molecular formula is C34H35F2N5O8S. The van der Waals surface area contributed by atoms with E-state index in [9.17, 15) is 37.5 Å². The quantitative estimate of drug-likeness (QED) is 0.210. The number of aliphatic carboxylic acids is 1. The number of ketones is 1. The average Bonchev–Trinajstić information content (AvgIpc) is 3.04. The van der Waals surface area contributed by atoms with Gasteiger partial charge in [0.2, 0.25) is 0 Å². The van der Waals surface area contributed by atoms with Gasteiger partial charge in [-0.05, 0) is 49.2 Å². The van der Waals surface area contributed by atoms with E-state index in [0.29, 0.717) is 29.0 Å². The first-order chi connectivity index (χ1) is 23.2. The van der Waals surface area contributed by atoms with Crippen molar-refractivity contribution in [2.24, 2.45) is 12.5 Å². The van der Waals surface area contributed by atoms with E-state index in [0.717, 1.165) is 4.57 Å². The minimum Gasteiger partial charge on any atom is -0.480 e. The summed E-state index contributed by atoms with van der Waals surface area (Å²) in [6.45, 7) is 8.35. The predicted octanol–water partition coefficient (Wildman–Crippen LogP) is 3.21. The van der Waals surface area contributed by atoms with Gasteiger partial charge in [0.25, 0.3) is 21.5 Å². The first-order valence-electron chi connectivity index (χ1n) is 15.1. The minimum absolute atomic E-state index is 0.0186. The summed E-state index contributed by atoms with van der Waals surface area (Å²) in [6, 6.07) is 7.36. The molecule has 1 amide bonds. The fourth-order valence-corrected chi connectivity index (χ4v) is 5.90. The van der Waals surface area contributed by atoms with Gasteiger partial charge in [0.05, 0.1) is 16.1 Å². The molecule has 0 aliphatic carbocycles. The van der Waals surface area contributed by atoms with Crippen LogP contribution in [0.4, 0.5) is 14.5 Å². The number of nitrogens with zero attached hydrogens (tertiary/aromatic N) is 3. The number of hydrogen-bond acceptors (Lipinski definition) is 8. The van der Waals surface area contributed by atoms with Gasteiger partial charge < -0.3 is 15.0 Å². The Bertz CT molecular complexity index is 2200.